The van der Waals surface area contributed by atoms with Crippen LogP contribution in [0.4, 0.5) is 10.3 Å². The van der Waals surface area contributed by atoms with Crippen LogP contribution in [0.2, 0.25) is 0 Å². The van der Waals surface area contributed by atoms with E-state index in [-0.39, 0.29) is 5.75 Å². The van der Waals surface area contributed by atoms with Crippen molar-refractivity contribution in [2.45, 2.75) is 6.54 Å². The Bertz CT molecular complexity index is 565. The number of methoxy groups -OCH3 is 1. The van der Waals surface area contributed by atoms with Crippen LogP contribution in [-0.2, 0) is 6.54 Å². The molecule has 0 bridgehead atoms. The second kappa shape index (κ2) is 4.81. The third kappa shape index (κ3) is 2.24. The van der Waals surface area contributed by atoms with E-state index < -0.39 is 5.82 Å². The van der Waals surface area contributed by atoms with Crippen LogP contribution in [0.5, 0.6) is 5.75 Å². The largest absolute Gasteiger partial charge is 0.494 e. The van der Waals surface area contributed by atoms with E-state index in [1.165, 1.54) is 13.2 Å². The first-order chi connectivity index (χ1) is 8.52. The summed E-state index contributed by atoms with van der Waals surface area (Å²) in [6.45, 7) is 1.53. The minimum atomic E-state index is -0.428. The zero-order chi connectivity index (χ0) is 13.3. The molecule has 0 unspecified atom stereocenters. The Balaban J connectivity index is 2.48. The Morgan fingerprint density at radius 2 is 2.17 bits per heavy atom. The lowest BCUT2D eigenvalue weighted by Crippen LogP contribution is -2.19. The Hall–Kier alpha value is -1.82. The Labute approximate surface area is 105 Å². The molecular formula is C12H17FN4O. The molecule has 1 aromatic carbocycles. The lowest BCUT2D eigenvalue weighted by Gasteiger charge is -2.12. The predicted octanol–water partition coefficient (Wildman–Crippen LogP) is 1.33. The summed E-state index contributed by atoms with van der Waals surface area (Å²) in [5.41, 5.74) is 7.18. The molecule has 0 saturated heterocycles. The minimum absolute atomic E-state index is 0.202. The number of rotatable bonds is 4. The highest BCUT2D eigenvalue weighted by Crippen LogP contribution is 2.26. The number of likely N-dealkylation sites (N-methyl/N-ethyl adjacent to an activating group) is 1. The second-order valence-corrected chi connectivity index (χ2v) is 4.40. The van der Waals surface area contributed by atoms with Crippen molar-refractivity contribution in [1.82, 2.24) is 14.5 Å². The first kappa shape index (κ1) is 12.6. The molecule has 0 aliphatic rings. The summed E-state index contributed by atoms with van der Waals surface area (Å²) in [5.74, 6) is 0.162. The maximum atomic E-state index is 13.6. The van der Waals surface area contributed by atoms with Gasteiger partial charge in [0, 0.05) is 25.2 Å². The molecule has 0 aliphatic heterocycles. The molecule has 2 rings (SSSR count). The number of nitrogens with two attached hydrogens (primary N) is 1. The van der Waals surface area contributed by atoms with Gasteiger partial charge in [-0.2, -0.15) is 0 Å². The fourth-order valence-electron chi connectivity index (χ4n) is 1.84. The van der Waals surface area contributed by atoms with Gasteiger partial charge in [-0.15, -0.1) is 0 Å². The van der Waals surface area contributed by atoms with Crippen molar-refractivity contribution in [3.63, 3.8) is 0 Å². The van der Waals surface area contributed by atoms with Gasteiger partial charge in [-0.3, -0.25) is 0 Å². The number of hydrogen-bond donors (Lipinski definition) is 1. The highest BCUT2D eigenvalue weighted by Gasteiger charge is 2.12. The Morgan fingerprint density at radius 1 is 1.44 bits per heavy atom. The van der Waals surface area contributed by atoms with Crippen molar-refractivity contribution in [3.05, 3.63) is 17.9 Å². The van der Waals surface area contributed by atoms with Gasteiger partial charge in [-0.25, -0.2) is 9.37 Å². The van der Waals surface area contributed by atoms with Gasteiger partial charge in [0.25, 0.3) is 0 Å². The Morgan fingerprint density at radius 3 is 2.78 bits per heavy atom. The van der Waals surface area contributed by atoms with Gasteiger partial charge in [0.1, 0.15) is 0 Å². The lowest BCUT2D eigenvalue weighted by atomic mass is 10.3. The topological polar surface area (TPSA) is 56.3 Å². The van der Waals surface area contributed by atoms with Crippen LogP contribution in [-0.4, -0.2) is 42.2 Å². The molecule has 0 aliphatic carbocycles. The maximum absolute atomic E-state index is 13.6. The van der Waals surface area contributed by atoms with Crippen molar-refractivity contribution < 1.29 is 9.13 Å². The van der Waals surface area contributed by atoms with E-state index in [4.69, 9.17) is 10.5 Å². The molecule has 2 aromatic rings. The summed E-state index contributed by atoms with van der Waals surface area (Å²) >= 11 is 0. The van der Waals surface area contributed by atoms with Crippen LogP contribution < -0.4 is 10.5 Å². The lowest BCUT2D eigenvalue weighted by molar-refractivity contribution is 0.384. The third-order valence-electron chi connectivity index (χ3n) is 2.82. The highest BCUT2D eigenvalue weighted by molar-refractivity contribution is 5.80. The van der Waals surface area contributed by atoms with E-state index in [1.807, 2.05) is 23.6 Å². The molecule has 98 valence electrons. The van der Waals surface area contributed by atoms with Crippen LogP contribution in [0.1, 0.15) is 0 Å². The zero-order valence-electron chi connectivity index (χ0n) is 10.8. The zero-order valence-corrected chi connectivity index (χ0v) is 10.8. The van der Waals surface area contributed by atoms with E-state index in [1.54, 1.807) is 6.07 Å². The molecule has 0 radical (unpaired) electrons. The van der Waals surface area contributed by atoms with Crippen molar-refractivity contribution >= 4 is 17.0 Å². The molecule has 5 nitrogen and oxygen atoms in total. The molecule has 0 amide bonds. The van der Waals surface area contributed by atoms with Gasteiger partial charge in [0.15, 0.2) is 11.6 Å². The van der Waals surface area contributed by atoms with Crippen LogP contribution in [0, 0.1) is 5.82 Å². The van der Waals surface area contributed by atoms with Gasteiger partial charge in [0.05, 0.1) is 18.1 Å². The smallest absolute Gasteiger partial charge is 0.201 e. The number of imidazole rings is 1. The number of aromatic nitrogens is 2. The first-order valence-corrected chi connectivity index (χ1v) is 5.67. The fourth-order valence-corrected chi connectivity index (χ4v) is 1.84. The highest BCUT2D eigenvalue weighted by atomic mass is 19.1. The van der Waals surface area contributed by atoms with E-state index >= 15 is 0 Å². The maximum Gasteiger partial charge on any atom is 0.201 e. The molecule has 0 fully saturated rings. The number of ether oxygens (including phenoxy) is 1. The number of nitrogen functional groups attached to an aromatic ring is 1. The molecule has 0 spiro atoms. The molecule has 2 N–H and O–H groups in total. The molecular weight excluding hydrogens is 235 g/mol. The molecule has 6 heteroatoms. The van der Waals surface area contributed by atoms with E-state index in [0.29, 0.717) is 18.0 Å². The van der Waals surface area contributed by atoms with Crippen LogP contribution >= 0.6 is 0 Å². The van der Waals surface area contributed by atoms with Gasteiger partial charge in [-0.1, -0.05) is 0 Å². The predicted molar refractivity (Wildman–Crippen MR) is 69.2 cm³/mol. The van der Waals surface area contributed by atoms with Crippen molar-refractivity contribution in [2.75, 3.05) is 33.5 Å². The standard InChI is InChI=1S/C12H17FN4O/c1-16(2)4-5-17-10-7-11(18-3)8(13)6-9(10)15-12(17)14/h6-7H,4-5H2,1-3H3,(H2,14,15). The summed E-state index contributed by atoms with van der Waals surface area (Å²) in [7, 11) is 5.40. The van der Waals surface area contributed by atoms with E-state index in [9.17, 15) is 4.39 Å². The monoisotopic (exact) mass is 252 g/mol. The van der Waals surface area contributed by atoms with Crippen molar-refractivity contribution in [3.8, 4) is 5.75 Å². The number of anilines is 1. The summed E-state index contributed by atoms with van der Waals surface area (Å²) in [5, 5.41) is 0. The quantitative estimate of drug-likeness (QED) is 0.892. The second-order valence-electron chi connectivity index (χ2n) is 4.40. The minimum Gasteiger partial charge on any atom is -0.494 e. The number of nitrogens with zero attached hydrogens (tertiary/aromatic N) is 3. The van der Waals surface area contributed by atoms with Gasteiger partial charge in [0.2, 0.25) is 5.95 Å². The van der Waals surface area contributed by atoms with Crippen LogP contribution in [0.3, 0.4) is 0 Å². The van der Waals surface area contributed by atoms with Crippen molar-refractivity contribution in [2.24, 2.45) is 0 Å². The number of halogens is 1. The SMILES string of the molecule is COc1cc2c(cc1F)nc(N)n2CCN(C)C. The summed E-state index contributed by atoms with van der Waals surface area (Å²) in [4.78, 5) is 6.20. The van der Waals surface area contributed by atoms with Gasteiger partial charge < -0.3 is 19.9 Å². The molecule has 0 atom stereocenters. The summed E-state index contributed by atoms with van der Waals surface area (Å²) < 4.78 is 20.4. The summed E-state index contributed by atoms with van der Waals surface area (Å²) in [6.07, 6.45) is 0. The van der Waals surface area contributed by atoms with Gasteiger partial charge in [-0.05, 0) is 14.1 Å². The average Bonchev–Trinajstić information content (AvgIpc) is 2.60. The van der Waals surface area contributed by atoms with Crippen LogP contribution in [0.15, 0.2) is 12.1 Å². The third-order valence-corrected chi connectivity index (χ3v) is 2.82. The normalized spacial score (nSPS) is 11.4. The summed E-state index contributed by atoms with van der Waals surface area (Å²) in [6, 6.07) is 2.97. The van der Waals surface area contributed by atoms with Crippen molar-refractivity contribution in [1.29, 1.82) is 0 Å². The van der Waals surface area contributed by atoms with E-state index in [2.05, 4.69) is 4.98 Å². The van der Waals surface area contributed by atoms with Crippen LogP contribution in [0.25, 0.3) is 11.0 Å². The number of benzene rings is 1. The average molecular weight is 252 g/mol. The first-order valence-electron chi connectivity index (χ1n) is 5.67. The molecule has 1 aromatic heterocycles. The molecule has 18 heavy (non-hydrogen) atoms. The fraction of sp³-hybridized carbons (Fsp3) is 0.417. The number of fused-ring (bicyclic) bond motifs is 1. The molecule has 1 heterocycles. The number of hydrogen-bond acceptors (Lipinski definition) is 4. The van der Waals surface area contributed by atoms with Gasteiger partial charge >= 0.3 is 0 Å². The van der Waals surface area contributed by atoms with E-state index in [0.717, 1.165) is 12.1 Å². The molecule has 0 saturated carbocycles. The Kier molecular flexibility index (Phi) is 3.38.